The number of carboxylic acids is 1. The molecule has 7 heteroatoms. The lowest BCUT2D eigenvalue weighted by atomic mass is 9.99. The predicted molar refractivity (Wildman–Crippen MR) is 81.7 cm³/mol. The maximum absolute atomic E-state index is 12.2. The topological polar surface area (TPSA) is 99.4 Å². The summed E-state index contributed by atoms with van der Waals surface area (Å²) in [4.78, 5) is 23.6. The Balaban J connectivity index is 2.06. The second-order valence-corrected chi connectivity index (χ2v) is 6.15. The molecule has 0 unspecified atom stereocenters. The number of aliphatic carboxylic acids is 1. The molecule has 1 aliphatic rings. The molecule has 1 amide bonds. The molecule has 0 radical (unpaired) electrons. The van der Waals surface area contributed by atoms with E-state index in [4.69, 9.17) is 10.00 Å². The molecule has 2 N–H and O–H groups in total. The molecule has 22 heavy (non-hydrogen) atoms. The fraction of sp³-hybridized carbons (Fsp3) is 0.400. The summed E-state index contributed by atoms with van der Waals surface area (Å²) in [6.45, 7) is 1.53. The molecular formula is C15H16N2O4S. The van der Waals surface area contributed by atoms with Gasteiger partial charge < -0.3 is 15.2 Å². The first-order chi connectivity index (χ1) is 10.5. The summed E-state index contributed by atoms with van der Waals surface area (Å²) >= 11 is 1.49. The molecule has 1 aromatic carbocycles. The molecule has 1 saturated heterocycles. The lowest BCUT2D eigenvalue weighted by Crippen LogP contribution is -2.57. The molecule has 0 spiro atoms. The molecule has 1 aromatic rings. The molecule has 0 saturated carbocycles. The van der Waals surface area contributed by atoms with Gasteiger partial charge in [-0.15, -0.1) is 0 Å². The minimum absolute atomic E-state index is 0.304. The van der Waals surface area contributed by atoms with Gasteiger partial charge in [0.15, 0.2) is 6.10 Å². The van der Waals surface area contributed by atoms with Gasteiger partial charge in [0.05, 0.1) is 5.56 Å². The van der Waals surface area contributed by atoms with Gasteiger partial charge in [-0.1, -0.05) is 12.1 Å². The summed E-state index contributed by atoms with van der Waals surface area (Å²) in [6.07, 6.45) is -0.503. The van der Waals surface area contributed by atoms with E-state index in [1.165, 1.54) is 18.7 Å². The first-order valence-corrected chi connectivity index (χ1v) is 7.93. The maximum atomic E-state index is 12.2. The molecule has 1 aliphatic heterocycles. The zero-order chi connectivity index (χ0) is 16.2. The van der Waals surface area contributed by atoms with Crippen molar-refractivity contribution in [2.75, 3.05) is 11.5 Å². The fourth-order valence-electron chi connectivity index (χ4n) is 2.13. The molecule has 2 rings (SSSR count). The van der Waals surface area contributed by atoms with Crippen LogP contribution in [0.25, 0.3) is 0 Å². The monoisotopic (exact) mass is 320 g/mol. The summed E-state index contributed by atoms with van der Waals surface area (Å²) in [7, 11) is 0. The van der Waals surface area contributed by atoms with Gasteiger partial charge in [0.25, 0.3) is 5.91 Å². The van der Waals surface area contributed by atoms with Crippen LogP contribution in [0.4, 0.5) is 0 Å². The first-order valence-electron chi connectivity index (χ1n) is 6.77. The van der Waals surface area contributed by atoms with Crippen molar-refractivity contribution in [3.63, 3.8) is 0 Å². The quantitative estimate of drug-likeness (QED) is 0.851. The number of nitrogens with zero attached hydrogens (tertiary/aromatic N) is 1. The van der Waals surface area contributed by atoms with E-state index in [0.717, 1.165) is 0 Å². The number of thioether (sulfide) groups is 1. The zero-order valence-electron chi connectivity index (χ0n) is 12.0. The van der Waals surface area contributed by atoms with E-state index >= 15 is 0 Å². The minimum Gasteiger partial charge on any atom is -0.480 e. The SMILES string of the molecule is C[C@@H](Oc1ccccc1C#N)C(=O)N[C@@]1(C(=O)O)CCSC1. The third kappa shape index (κ3) is 3.34. The van der Waals surface area contributed by atoms with Crippen LogP contribution in [-0.4, -0.2) is 40.1 Å². The van der Waals surface area contributed by atoms with E-state index in [2.05, 4.69) is 5.32 Å². The van der Waals surface area contributed by atoms with Crippen LogP contribution in [0, 0.1) is 11.3 Å². The van der Waals surface area contributed by atoms with Gasteiger partial charge in [-0.05, 0) is 31.2 Å². The van der Waals surface area contributed by atoms with Crippen molar-refractivity contribution in [1.29, 1.82) is 5.26 Å². The van der Waals surface area contributed by atoms with E-state index < -0.39 is 23.5 Å². The molecule has 0 bridgehead atoms. The molecule has 2 atom stereocenters. The van der Waals surface area contributed by atoms with Crippen molar-refractivity contribution in [2.24, 2.45) is 0 Å². The highest BCUT2D eigenvalue weighted by Crippen LogP contribution is 2.28. The van der Waals surface area contributed by atoms with Crippen LogP contribution in [0.15, 0.2) is 24.3 Å². The van der Waals surface area contributed by atoms with Gasteiger partial charge in [0.1, 0.15) is 17.4 Å². The molecular weight excluding hydrogens is 304 g/mol. The molecule has 1 heterocycles. The highest BCUT2D eigenvalue weighted by Gasteiger charge is 2.44. The van der Waals surface area contributed by atoms with Gasteiger partial charge in [0, 0.05) is 5.75 Å². The van der Waals surface area contributed by atoms with Gasteiger partial charge in [-0.3, -0.25) is 4.79 Å². The smallest absolute Gasteiger partial charge is 0.330 e. The van der Waals surface area contributed by atoms with Gasteiger partial charge in [-0.25, -0.2) is 4.79 Å². The Kier molecular flexibility index (Phi) is 4.93. The Morgan fingerprint density at radius 2 is 2.23 bits per heavy atom. The normalized spacial score (nSPS) is 21.6. The van der Waals surface area contributed by atoms with E-state index in [9.17, 15) is 14.7 Å². The number of para-hydroxylation sites is 1. The number of carbonyl (C=O) groups excluding carboxylic acids is 1. The summed E-state index contributed by atoms with van der Waals surface area (Å²) < 4.78 is 5.50. The number of carbonyl (C=O) groups is 2. The van der Waals surface area contributed by atoms with Crippen LogP contribution >= 0.6 is 11.8 Å². The van der Waals surface area contributed by atoms with Crippen LogP contribution in [0.5, 0.6) is 5.75 Å². The zero-order valence-corrected chi connectivity index (χ0v) is 12.9. The van der Waals surface area contributed by atoms with Crippen molar-refractivity contribution in [3.8, 4) is 11.8 Å². The second kappa shape index (κ2) is 6.71. The number of benzene rings is 1. The van der Waals surface area contributed by atoms with Gasteiger partial charge >= 0.3 is 5.97 Å². The first kappa shape index (κ1) is 16.2. The largest absolute Gasteiger partial charge is 0.480 e. The van der Waals surface area contributed by atoms with Crippen molar-refractivity contribution >= 4 is 23.6 Å². The average molecular weight is 320 g/mol. The highest BCUT2D eigenvalue weighted by atomic mass is 32.2. The standard InChI is InChI=1S/C15H16N2O4S/c1-10(21-12-5-3-2-4-11(12)8-16)13(18)17-15(14(19)20)6-7-22-9-15/h2-5,10H,6-7,9H2,1H3,(H,17,18)(H,19,20)/t10-,15+/m1/s1. The Labute approximate surface area is 132 Å². The Hall–Kier alpha value is -2.20. The maximum Gasteiger partial charge on any atom is 0.330 e. The number of nitrogens with one attached hydrogen (secondary N) is 1. The van der Waals surface area contributed by atoms with E-state index in [-0.39, 0.29) is 0 Å². The summed E-state index contributed by atoms with van der Waals surface area (Å²) in [6, 6.07) is 8.57. The summed E-state index contributed by atoms with van der Waals surface area (Å²) in [5.74, 6) is -0.194. The number of carboxylic acid groups (broad SMARTS) is 1. The van der Waals surface area contributed by atoms with Crippen LogP contribution in [0.3, 0.4) is 0 Å². The summed E-state index contributed by atoms with van der Waals surface area (Å²) in [5.41, 5.74) is -0.903. The minimum atomic E-state index is -1.23. The van der Waals surface area contributed by atoms with Crippen molar-refractivity contribution in [2.45, 2.75) is 25.0 Å². The van der Waals surface area contributed by atoms with Crippen molar-refractivity contribution in [1.82, 2.24) is 5.32 Å². The molecule has 0 aliphatic carbocycles. The number of ether oxygens (including phenoxy) is 1. The van der Waals surface area contributed by atoms with E-state index in [0.29, 0.717) is 29.2 Å². The number of rotatable bonds is 5. The van der Waals surface area contributed by atoms with Crippen LogP contribution in [0.2, 0.25) is 0 Å². The number of hydrogen-bond donors (Lipinski definition) is 2. The third-order valence-electron chi connectivity index (χ3n) is 3.47. The molecule has 116 valence electrons. The number of amides is 1. The number of nitriles is 1. The van der Waals surface area contributed by atoms with Crippen LogP contribution < -0.4 is 10.1 Å². The molecule has 0 aromatic heterocycles. The Morgan fingerprint density at radius 3 is 2.82 bits per heavy atom. The number of hydrogen-bond acceptors (Lipinski definition) is 5. The van der Waals surface area contributed by atoms with E-state index in [1.54, 1.807) is 24.3 Å². The van der Waals surface area contributed by atoms with Gasteiger partial charge in [0.2, 0.25) is 0 Å². The highest BCUT2D eigenvalue weighted by molar-refractivity contribution is 7.99. The van der Waals surface area contributed by atoms with Crippen molar-refractivity contribution < 1.29 is 19.4 Å². The lowest BCUT2D eigenvalue weighted by molar-refractivity contribution is -0.147. The van der Waals surface area contributed by atoms with E-state index in [1.807, 2.05) is 6.07 Å². The van der Waals surface area contributed by atoms with Crippen molar-refractivity contribution in [3.05, 3.63) is 29.8 Å². The summed E-state index contributed by atoms with van der Waals surface area (Å²) in [5, 5.41) is 20.9. The third-order valence-corrected chi connectivity index (χ3v) is 4.66. The average Bonchev–Trinajstić information content (AvgIpc) is 2.97. The van der Waals surface area contributed by atoms with Gasteiger partial charge in [-0.2, -0.15) is 17.0 Å². The predicted octanol–water partition coefficient (Wildman–Crippen LogP) is 1.40. The Morgan fingerprint density at radius 1 is 1.50 bits per heavy atom. The second-order valence-electron chi connectivity index (χ2n) is 5.05. The Bertz CT molecular complexity index is 620. The van der Waals surface area contributed by atoms with Crippen LogP contribution in [-0.2, 0) is 9.59 Å². The van der Waals surface area contributed by atoms with Crippen LogP contribution in [0.1, 0.15) is 18.9 Å². The lowest BCUT2D eigenvalue weighted by Gasteiger charge is -2.26. The fourth-order valence-corrected chi connectivity index (χ4v) is 3.45. The molecule has 6 nitrogen and oxygen atoms in total. The molecule has 1 fully saturated rings.